The van der Waals surface area contributed by atoms with Crippen LogP contribution in [-0.2, 0) is 0 Å². The van der Waals surface area contributed by atoms with Gasteiger partial charge in [0.05, 0.1) is 24.2 Å². The van der Waals surface area contributed by atoms with Crippen LogP contribution in [-0.4, -0.2) is 29.8 Å². The Balaban J connectivity index is 2.86. The molecular weight excluding hydrogens is 152 g/mol. The van der Waals surface area contributed by atoms with Crippen molar-refractivity contribution in [3.63, 3.8) is 0 Å². The summed E-state index contributed by atoms with van der Waals surface area (Å²) in [6, 6.07) is 0. The number of nitrogens with one attached hydrogen (secondary N) is 1. The molecule has 1 aliphatic rings. The number of hydrogen-bond acceptors (Lipinski definition) is 3. The monoisotopic (exact) mass is 168 g/mol. The van der Waals surface area contributed by atoms with E-state index in [2.05, 4.69) is 12.2 Å². The smallest absolute Gasteiger partial charge is 0.0957 e. The lowest BCUT2D eigenvalue weighted by Gasteiger charge is -2.19. The first-order valence-corrected chi connectivity index (χ1v) is 4.16. The summed E-state index contributed by atoms with van der Waals surface area (Å²) in [5, 5.41) is 12.3. The minimum atomic E-state index is 0.0908. The molecule has 1 atom stereocenters. The van der Waals surface area contributed by atoms with Crippen LogP contribution < -0.4 is 5.32 Å². The highest BCUT2D eigenvalue weighted by Crippen LogP contribution is 2.17. The average Bonchev–Trinajstić information content (AvgIpc) is 2.29. The molecule has 2 N–H and O–H groups in total. The normalized spacial score (nSPS) is 24.0. The maximum absolute atomic E-state index is 9.08. The van der Waals surface area contributed by atoms with Gasteiger partial charge in [-0.25, -0.2) is 0 Å². The van der Waals surface area contributed by atoms with Crippen molar-refractivity contribution < 1.29 is 5.11 Å². The minimum Gasteiger partial charge on any atom is -0.390 e. The minimum absolute atomic E-state index is 0.0908. The predicted octanol–water partition coefficient (Wildman–Crippen LogP) is 0.647. The highest BCUT2D eigenvalue weighted by atomic mass is 16.3. The molecule has 1 rings (SSSR count). The van der Waals surface area contributed by atoms with E-state index in [1.807, 2.05) is 31.0 Å². The molecule has 0 fully saturated rings. The molecule has 0 bridgehead atoms. The van der Waals surface area contributed by atoms with Crippen molar-refractivity contribution in [2.45, 2.75) is 20.0 Å². The van der Waals surface area contributed by atoms with Crippen LogP contribution in [0.2, 0.25) is 0 Å². The third-order valence-electron chi connectivity index (χ3n) is 2.17. The summed E-state index contributed by atoms with van der Waals surface area (Å²) in [6.45, 7) is 4.12. The zero-order chi connectivity index (χ0) is 9.14. The Bertz CT molecular complexity index is 221. The van der Waals surface area contributed by atoms with Crippen LogP contribution in [0.5, 0.6) is 0 Å². The van der Waals surface area contributed by atoms with Crippen LogP contribution in [0, 0.1) is 0 Å². The molecule has 0 radical (unpaired) electrons. The topological polar surface area (TPSA) is 35.5 Å². The summed E-state index contributed by atoms with van der Waals surface area (Å²) in [5.74, 6) is 0. The maximum Gasteiger partial charge on any atom is 0.0957 e. The molecule has 0 saturated heterocycles. The van der Waals surface area contributed by atoms with Gasteiger partial charge in [-0.3, -0.25) is 0 Å². The molecule has 3 nitrogen and oxygen atoms in total. The highest BCUT2D eigenvalue weighted by Gasteiger charge is 2.22. The predicted molar refractivity (Wildman–Crippen MR) is 49.3 cm³/mol. The van der Waals surface area contributed by atoms with Gasteiger partial charge < -0.3 is 15.3 Å². The van der Waals surface area contributed by atoms with Crippen LogP contribution in [0.1, 0.15) is 13.8 Å². The molecule has 0 spiro atoms. The van der Waals surface area contributed by atoms with E-state index in [1.165, 1.54) is 0 Å². The fourth-order valence-corrected chi connectivity index (χ4v) is 1.34. The van der Waals surface area contributed by atoms with Crippen LogP contribution in [0.25, 0.3) is 0 Å². The van der Waals surface area contributed by atoms with Crippen molar-refractivity contribution in [2.75, 3.05) is 13.7 Å². The summed E-state index contributed by atoms with van der Waals surface area (Å²) < 4.78 is 0. The quantitative estimate of drug-likeness (QED) is 0.635. The van der Waals surface area contributed by atoms with Crippen molar-refractivity contribution >= 4 is 0 Å². The second-order valence-electron chi connectivity index (χ2n) is 2.95. The molecule has 68 valence electrons. The van der Waals surface area contributed by atoms with Crippen molar-refractivity contribution in [3.8, 4) is 0 Å². The van der Waals surface area contributed by atoms with Crippen LogP contribution in [0.4, 0.5) is 0 Å². The number of aliphatic hydroxyl groups is 1. The SMILES string of the molecule is C/C=C/C1=C(CO)N(C)C(C)N1. The standard InChI is InChI=1S/C9H16N2O/c1-4-5-8-9(6-12)11(3)7(2)10-8/h4-5,7,10,12H,6H2,1-3H3/b5-4+. The second kappa shape index (κ2) is 3.63. The highest BCUT2D eigenvalue weighted by molar-refractivity contribution is 5.28. The number of allylic oxidation sites excluding steroid dienone is 2. The lowest BCUT2D eigenvalue weighted by molar-refractivity contribution is 0.255. The number of hydrogen-bond donors (Lipinski definition) is 2. The molecule has 0 saturated carbocycles. The van der Waals surface area contributed by atoms with Gasteiger partial charge in [0.2, 0.25) is 0 Å². The molecule has 12 heavy (non-hydrogen) atoms. The third kappa shape index (κ3) is 1.46. The third-order valence-corrected chi connectivity index (χ3v) is 2.17. The molecule has 0 aliphatic carbocycles. The van der Waals surface area contributed by atoms with E-state index in [9.17, 15) is 0 Å². The summed E-state index contributed by atoms with van der Waals surface area (Å²) in [5.41, 5.74) is 1.98. The Morgan fingerprint density at radius 2 is 2.33 bits per heavy atom. The van der Waals surface area contributed by atoms with Crippen molar-refractivity contribution in [3.05, 3.63) is 23.5 Å². The number of nitrogens with zero attached hydrogens (tertiary/aromatic N) is 1. The van der Waals surface area contributed by atoms with E-state index in [0.717, 1.165) is 11.4 Å². The zero-order valence-corrected chi connectivity index (χ0v) is 7.83. The Kier molecular flexibility index (Phi) is 2.76. The van der Waals surface area contributed by atoms with Gasteiger partial charge >= 0.3 is 0 Å². The molecule has 1 aliphatic heterocycles. The van der Waals surface area contributed by atoms with Gasteiger partial charge in [-0.2, -0.15) is 0 Å². The van der Waals surface area contributed by atoms with Crippen LogP contribution in [0.3, 0.4) is 0 Å². The van der Waals surface area contributed by atoms with Crippen LogP contribution in [0.15, 0.2) is 23.5 Å². The fraction of sp³-hybridized carbons (Fsp3) is 0.556. The van der Waals surface area contributed by atoms with Gasteiger partial charge in [-0.1, -0.05) is 6.08 Å². The van der Waals surface area contributed by atoms with E-state index >= 15 is 0 Å². The molecule has 0 aromatic rings. The Hall–Kier alpha value is -0.960. The number of aliphatic hydroxyl groups excluding tert-OH is 1. The van der Waals surface area contributed by atoms with E-state index in [0.29, 0.717) is 0 Å². The molecule has 3 heteroatoms. The first kappa shape index (κ1) is 9.13. The first-order valence-electron chi connectivity index (χ1n) is 4.16. The van der Waals surface area contributed by atoms with Crippen LogP contribution >= 0.6 is 0 Å². The van der Waals surface area contributed by atoms with Gasteiger partial charge in [0.1, 0.15) is 0 Å². The van der Waals surface area contributed by atoms with Gasteiger partial charge in [0.15, 0.2) is 0 Å². The second-order valence-corrected chi connectivity index (χ2v) is 2.95. The van der Waals surface area contributed by atoms with Crippen molar-refractivity contribution in [1.82, 2.24) is 10.2 Å². The molecule has 1 unspecified atom stereocenters. The molecule has 0 aromatic heterocycles. The van der Waals surface area contributed by atoms with Gasteiger partial charge in [0.25, 0.3) is 0 Å². The van der Waals surface area contributed by atoms with Crippen molar-refractivity contribution in [2.24, 2.45) is 0 Å². The fourth-order valence-electron chi connectivity index (χ4n) is 1.34. The summed E-state index contributed by atoms with van der Waals surface area (Å²) in [7, 11) is 1.97. The summed E-state index contributed by atoms with van der Waals surface area (Å²) in [6.07, 6.45) is 4.22. The first-order chi connectivity index (χ1) is 5.70. The van der Waals surface area contributed by atoms with Gasteiger partial charge in [-0.15, -0.1) is 0 Å². The van der Waals surface area contributed by atoms with Gasteiger partial charge in [0, 0.05) is 7.05 Å². The number of likely N-dealkylation sites (N-methyl/N-ethyl adjacent to an activating group) is 1. The number of rotatable bonds is 2. The van der Waals surface area contributed by atoms with E-state index in [-0.39, 0.29) is 12.8 Å². The summed E-state index contributed by atoms with van der Waals surface area (Å²) >= 11 is 0. The maximum atomic E-state index is 9.08. The Morgan fingerprint density at radius 3 is 2.83 bits per heavy atom. The lowest BCUT2D eigenvalue weighted by Crippen LogP contribution is -2.31. The molecule has 1 heterocycles. The van der Waals surface area contributed by atoms with Crippen molar-refractivity contribution in [1.29, 1.82) is 0 Å². The molecule has 0 amide bonds. The Morgan fingerprint density at radius 1 is 1.67 bits per heavy atom. The zero-order valence-electron chi connectivity index (χ0n) is 7.83. The molecular formula is C9H16N2O. The van der Waals surface area contributed by atoms with E-state index in [4.69, 9.17) is 5.11 Å². The summed E-state index contributed by atoms with van der Waals surface area (Å²) in [4.78, 5) is 2.04. The molecule has 0 aromatic carbocycles. The van der Waals surface area contributed by atoms with E-state index in [1.54, 1.807) is 0 Å². The lowest BCUT2D eigenvalue weighted by atomic mass is 10.3. The van der Waals surface area contributed by atoms with E-state index < -0.39 is 0 Å². The largest absolute Gasteiger partial charge is 0.390 e. The van der Waals surface area contributed by atoms with Gasteiger partial charge in [-0.05, 0) is 19.9 Å². The average molecular weight is 168 g/mol. The Labute approximate surface area is 73.4 Å².